The number of nitrogens with zero attached hydrogens (tertiary/aromatic N) is 1. The monoisotopic (exact) mass is 331 g/mol. The van der Waals surface area contributed by atoms with Gasteiger partial charge in [0.25, 0.3) is 5.91 Å². The molecule has 1 aliphatic heterocycles. The maximum absolute atomic E-state index is 12.5. The van der Waals surface area contributed by atoms with E-state index in [1.165, 1.54) is 28.6 Å². The molecule has 3 rings (SSSR count). The quantitative estimate of drug-likeness (QED) is 0.878. The number of hydrogen-bond donors (Lipinski definition) is 1. The van der Waals surface area contributed by atoms with Crippen LogP contribution >= 0.6 is 11.3 Å². The lowest BCUT2D eigenvalue weighted by Crippen LogP contribution is -2.42. The summed E-state index contributed by atoms with van der Waals surface area (Å²) in [7, 11) is 0. The van der Waals surface area contributed by atoms with E-state index in [4.69, 9.17) is 4.74 Å². The van der Waals surface area contributed by atoms with Gasteiger partial charge in [-0.25, -0.2) is 4.79 Å². The van der Waals surface area contributed by atoms with Gasteiger partial charge in [0.2, 0.25) is 0 Å². The van der Waals surface area contributed by atoms with E-state index >= 15 is 0 Å². The number of ether oxygens (including phenoxy) is 1. The Morgan fingerprint density at radius 1 is 1.35 bits per heavy atom. The Balaban J connectivity index is 1.63. The number of esters is 1. The molecule has 6 heteroatoms. The number of aromatic hydroxyl groups is 1. The first kappa shape index (κ1) is 15.6. The molecular formula is C17H17NO4S. The van der Waals surface area contributed by atoms with Crippen LogP contribution in [0, 0.1) is 0 Å². The molecule has 2 heterocycles. The topological polar surface area (TPSA) is 66.8 Å². The maximum Gasteiger partial charge on any atom is 0.339 e. The molecule has 23 heavy (non-hydrogen) atoms. The first-order chi connectivity index (χ1) is 11.0. The summed E-state index contributed by atoms with van der Waals surface area (Å²) in [4.78, 5) is 27.6. The molecule has 1 atom stereocenters. The molecule has 0 unspecified atom stereocenters. The summed E-state index contributed by atoms with van der Waals surface area (Å²) in [6.45, 7) is 2.78. The Bertz CT molecular complexity index is 740. The van der Waals surface area contributed by atoms with Gasteiger partial charge in [0.05, 0.1) is 5.56 Å². The molecule has 2 aromatic rings. The highest BCUT2D eigenvalue weighted by molar-refractivity contribution is 7.10. The third kappa shape index (κ3) is 3.37. The Hall–Kier alpha value is -2.34. The molecule has 5 nitrogen and oxygen atoms in total. The maximum atomic E-state index is 12.5. The minimum atomic E-state index is -0.856. The Morgan fingerprint density at radius 3 is 2.96 bits per heavy atom. The summed E-state index contributed by atoms with van der Waals surface area (Å²) in [6, 6.07) is 7.91. The van der Waals surface area contributed by atoms with E-state index in [1.54, 1.807) is 29.2 Å². The van der Waals surface area contributed by atoms with Crippen molar-refractivity contribution in [3.05, 3.63) is 51.7 Å². The molecular weight excluding hydrogens is 314 g/mol. The molecule has 1 aliphatic rings. The number of phenolic OH excluding ortho intramolecular Hbond substituents is 1. The van der Waals surface area contributed by atoms with Gasteiger partial charge >= 0.3 is 5.97 Å². The van der Waals surface area contributed by atoms with Crippen molar-refractivity contribution in [2.24, 2.45) is 0 Å². The predicted molar refractivity (Wildman–Crippen MR) is 86.4 cm³/mol. The second-order valence-electron chi connectivity index (χ2n) is 5.48. The first-order valence-electron chi connectivity index (χ1n) is 7.38. The number of amides is 1. The third-order valence-corrected chi connectivity index (χ3v) is 4.86. The fourth-order valence-corrected chi connectivity index (χ4v) is 3.50. The van der Waals surface area contributed by atoms with Crippen LogP contribution in [0.3, 0.4) is 0 Å². The van der Waals surface area contributed by atoms with E-state index in [1.807, 2.05) is 11.4 Å². The largest absolute Gasteiger partial charge is 0.508 e. The molecule has 0 bridgehead atoms. The minimum Gasteiger partial charge on any atom is -0.508 e. The molecule has 120 valence electrons. The fraction of sp³-hybridized carbons (Fsp3) is 0.294. The SMILES string of the molecule is C[C@H](OC(=O)c1cccc(O)c1)C(=O)N1CCc2sccc2C1. The van der Waals surface area contributed by atoms with Crippen molar-refractivity contribution in [2.75, 3.05) is 6.54 Å². The first-order valence-corrected chi connectivity index (χ1v) is 8.26. The van der Waals surface area contributed by atoms with Gasteiger partial charge in [-0.1, -0.05) is 6.07 Å². The van der Waals surface area contributed by atoms with E-state index in [0.717, 1.165) is 6.42 Å². The van der Waals surface area contributed by atoms with Gasteiger partial charge in [-0.3, -0.25) is 4.79 Å². The van der Waals surface area contributed by atoms with E-state index < -0.39 is 12.1 Å². The molecule has 0 saturated heterocycles. The zero-order chi connectivity index (χ0) is 16.4. The average Bonchev–Trinajstić information content (AvgIpc) is 3.01. The molecule has 0 spiro atoms. The highest BCUT2D eigenvalue weighted by atomic mass is 32.1. The third-order valence-electron chi connectivity index (χ3n) is 3.83. The van der Waals surface area contributed by atoms with Crippen LogP contribution in [0.4, 0.5) is 0 Å². The number of hydrogen-bond acceptors (Lipinski definition) is 5. The molecule has 0 aliphatic carbocycles. The van der Waals surface area contributed by atoms with Gasteiger partial charge in [0.1, 0.15) is 5.75 Å². The van der Waals surface area contributed by atoms with Gasteiger partial charge in [0.15, 0.2) is 6.10 Å². The van der Waals surface area contributed by atoms with Crippen molar-refractivity contribution >= 4 is 23.2 Å². The average molecular weight is 331 g/mol. The van der Waals surface area contributed by atoms with Gasteiger partial charge < -0.3 is 14.7 Å². The normalized spacial score (nSPS) is 14.9. The smallest absolute Gasteiger partial charge is 0.339 e. The number of benzene rings is 1. The van der Waals surface area contributed by atoms with Crippen LogP contribution in [0.5, 0.6) is 5.75 Å². The predicted octanol–water partition coefficient (Wildman–Crippen LogP) is 2.58. The van der Waals surface area contributed by atoms with E-state index in [2.05, 4.69) is 0 Å². The van der Waals surface area contributed by atoms with Gasteiger partial charge in [-0.2, -0.15) is 0 Å². The van der Waals surface area contributed by atoms with Crippen LogP contribution in [0.25, 0.3) is 0 Å². The van der Waals surface area contributed by atoms with Crippen molar-refractivity contribution in [3.8, 4) is 5.75 Å². The van der Waals surface area contributed by atoms with E-state index in [-0.39, 0.29) is 17.2 Å². The van der Waals surface area contributed by atoms with Crippen molar-refractivity contribution in [1.29, 1.82) is 0 Å². The molecule has 1 amide bonds. The summed E-state index contributed by atoms with van der Waals surface area (Å²) >= 11 is 1.71. The lowest BCUT2D eigenvalue weighted by molar-refractivity contribution is -0.140. The lowest BCUT2D eigenvalue weighted by atomic mass is 10.1. The van der Waals surface area contributed by atoms with E-state index in [9.17, 15) is 14.7 Å². The number of thiophene rings is 1. The van der Waals surface area contributed by atoms with Gasteiger partial charge in [0, 0.05) is 18.0 Å². The Morgan fingerprint density at radius 2 is 2.17 bits per heavy atom. The van der Waals surface area contributed by atoms with Crippen LogP contribution in [0.1, 0.15) is 27.7 Å². The zero-order valence-corrected chi connectivity index (χ0v) is 13.5. The fourth-order valence-electron chi connectivity index (χ4n) is 2.61. The summed E-state index contributed by atoms with van der Waals surface area (Å²) in [6.07, 6.45) is -0.0172. The molecule has 0 fully saturated rings. The molecule has 0 radical (unpaired) electrons. The van der Waals surface area contributed by atoms with Crippen molar-refractivity contribution in [2.45, 2.75) is 26.0 Å². The summed E-state index contributed by atoms with van der Waals surface area (Å²) in [5, 5.41) is 11.4. The summed E-state index contributed by atoms with van der Waals surface area (Å²) < 4.78 is 5.24. The van der Waals surface area contributed by atoms with Crippen molar-refractivity contribution in [3.63, 3.8) is 0 Å². The van der Waals surface area contributed by atoms with Crippen LogP contribution < -0.4 is 0 Å². The number of phenols is 1. The second-order valence-corrected chi connectivity index (χ2v) is 6.48. The lowest BCUT2D eigenvalue weighted by Gasteiger charge is -2.29. The van der Waals surface area contributed by atoms with Gasteiger partial charge in [-0.05, 0) is 48.6 Å². The molecule has 0 saturated carbocycles. The standard InChI is InChI=1S/C17H17NO4S/c1-11(22-17(21)12-3-2-4-14(19)9-12)16(20)18-7-5-15-13(10-18)6-8-23-15/h2-4,6,8-9,11,19H,5,7,10H2,1H3/t11-/m0/s1. The zero-order valence-electron chi connectivity index (χ0n) is 12.7. The molecule has 1 aromatic carbocycles. The Kier molecular flexibility index (Phi) is 4.34. The number of carbonyl (C=O) groups is 2. The number of carbonyl (C=O) groups excluding carboxylic acids is 2. The number of rotatable bonds is 3. The van der Waals surface area contributed by atoms with Gasteiger partial charge in [-0.15, -0.1) is 11.3 Å². The Labute approximate surface area is 138 Å². The molecule has 1 aromatic heterocycles. The van der Waals surface area contributed by atoms with Crippen molar-refractivity contribution < 1.29 is 19.4 Å². The minimum absolute atomic E-state index is 0.0144. The highest BCUT2D eigenvalue weighted by Gasteiger charge is 2.27. The molecule has 1 N–H and O–H groups in total. The highest BCUT2D eigenvalue weighted by Crippen LogP contribution is 2.24. The number of fused-ring (bicyclic) bond motifs is 1. The van der Waals surface area contributed by atoms with Crippen LogP contribution in [-0.2, 0) is 22.5 Å². The van der Waals surface area contributed by atoms with Crippen LogP contribution in [0.2, 0.25) is 0 Å². The summed E-state index contributed by atoms with van der Waals surface area (Å²) in [5.41, 5.74) is 1.39. The van der Waals surface area contributed by atoms with Crippen LogP contribution in [0.15, 0.2) is 35.7 Å². The summed E-state index contributed by atoms with van der Waals surface area (Å²) in [5.74, 6) is -0.829. The van der Waals surface area contributed by atoms with Crippen LogP contribution in [-0.4, -0.2) is 34.5 Å². The van der Waals surface area contributed by atoms with E-state index in [0.29, 0.717) is 13.1 Å². The second kappa shape index (κ2) is 6.42. The van der Waals surface area contributed by atoms with Crippen molar-refractivity contribution in [1.82, 2.24) is 4.90 Å².